The number of imidazole rings is 1. The van der Waals surface area contributed by atoms with Gasteiger partial charge in [0.05, 0.1) is 16.7 Å². The quantitative estimate of drug-likeness (QED) is 0.447. The molecule has 4 aromatic rings. The Bertz CT molecular complexity index is 1320. The first-order valence-corrected chi connectivity index (χ1v) is 11.0. The van der Waals surface area contributed by atoms with Gasteiger partial charge in [0, 0.05) is 17.1 Å². The molecular weight excluding hydrogens is 440 g/mol. The Morgan fingerprint density at radius 3 is 2.79 bits per heavy atom. The number of nitrogens with one attached hydrogen (secondary N) is 2. The molecule has 0 saturated carbocycles. The highest BCUT2D eigenvalue weighted by Gasteiger charge is 2.27. The second-order valence-corrected chi connectivity index (χ2v) is 8.22. The Kier molecular flexibility index (Phi) is 5.71. The van der Waals surface area contributed by atoms with Crippen LogP contribution in [0.5, 0.6) is 5.75 Å². The van der Waals surface area contributed by atoms with E-state index in [9.17, 15) is 9.59 Å². The lowest BCUT2D eigenvalue weighted by Crippen LogP contribution is -2.43. The number of aryl methyl sites for hydroxylation is 2. The van der Waals surface area contributed by atoms with Crippen LogP contribution < -0.4 is 15.0 Å². The zero-order chi connectivity index (χ0) is 22.8. The van der Waals surface area contributed by atoms with Crippen molar-refractivity contribution in [3.63, 3.8) is 0 Å². The van der Waals surface area contributed by atoms with E-state index in [4.69, 9.17) is 16.3 Å². The molecule has 2 amide bonds. The highest BCUT2D eigenvalue weighted by molar-refractivity contribution is 6.31. The Morgan fingerprint density at radius 2 is 1.91 bits per heavy atom. The standard InChI is InChI=1S/C25H21ClN4O3/c26-17-10-11-22-21(13-17)30(25(32)15-33-22)14-24(31)29-18-6-2-1-5-16(18)9-12-23-27-19-7-3-4-8-20(19)28-23/h1-8,10-11,13H,9,12,14-15H2,(H,27,28)(H,29,31). The number of nitrogens with zero attached hydrogens (tertiary/aromatic N) is 2. The van der Waals surface area contributed by atoms with Gasteiger partial charge in [0.15, 0.2) is 6.61 Å². The maximum Gasteiger partial charge on any atom is 0.265 e. The number of carbonyl (C=O) groups is 2. The normalized spacial score (nSPS) is 13.0. The van der Waals surface area contributed by atoms with E-state index < -0.39 is 0 Å². The van der Waals surface area contributed by atoms with Gasteiger partial charge in [-0.05, 0) is 48.4 Å². The molecule has 1 aliphatic heterocycles. The predicted octanol–water partition coefficient (Wildman–Crippen LogP) is 4.37. The summed E-state index contributed by atoms with van der Waals surface area (Å²) >= 11 is 6.09. The van der Waals surface area contributed by atoms with Crippen LogP contribution in [-0.2, 0) is 22.4 Å². The number of amides is 2. The molecule has 8 heteroatoms. The average Bonchev–Trinajstić information content (AvgIpc) is 3.23. The van der Waals surface area contributed by atoms with Gasteiger partial charge in [-0.3, -0.25) is 14.5 Å². The van der Waals surface area contributed by atoms with Gasteiger partial charge in [-0.25, -0.2) is 4.98 Å². The van der Waals surface area contributed by atoms with E-state index in [0.29, 0.717) is 35.0 Å². The van der Waals surface area contributed by atoms with Crippen LogP contribution in [0.15, 0.2) is 66.7 Å². The summed E-state index contributed by atoms with van der Waals surface area (Å²) in [5, 5.41) is 3.42. The van der Waals surface area contributed by atoms with Crippen molar-refractivity contribution < 1.29 is 14.3 Å². The molecule has 2 heterocycles. The molecule has 1 aliphatic rings. The van der Waals surface area contributed by atoms with Crippen molar-refractivity contribution in [3.8, 4) is 5.75 Å². The number of anilines is 2. The summed E-state index contributed by atoms with van der Waals surface area (Å²) in [5.74, 6) is 0.827. The Hall–Kier alpha value is -3.84. The van der Waals surface area contributed by atoms with Crippen LogP contribution in [0.4, 0.5) is 11.4 Å². The van der Waals surface area contributed by atoms with Crippen LogP contribution in [0.25, 0.3) is 11.0 Å². The van der Waals surface area contributed by atoms with E-state index in [-0.39, 0.29) is 25.0 Å². The summed E-state index contributed by atoms with van der Waals surface area (Å²) in [6.45, 7) is -0.247. The Morgan fingerprint density at radius 1 is 1.09 bits per heavy atom. The lowest BCUT2D eigenvalue weighted by Gasteiger charge is -2.29. The van der Waals surface area contributed by atoms with Crippen molar-refractivity contribution in [3.05, 3.63) is 83.1 Å². The number of ether oxygens (including phenoxy) is 1. The zero-order valence-electron chi connectivity index (χ0n) is 17.7. The minimum atomic E-state index is -0.299. The second kappa shape index (κ2) is 8.96. The molecule has 0 atom stereocenters. The number of aromatic amines is 1. The minimum Gasteiger partial charge on any atom is -0.482 e. The van der Waals surface area contributed by atoms with Gasteiger partial charge in [0.25, 0.3) is 5.91 Å². The van der Waals surface area contributed by atoms with Crippen LogP contribution in [0.1, 0.15) is 11.4 Å². The van der Waals surface area contributed by atoms with Crippen LogP contribution in [-0.4, -0.2) is 34.9 Å². The van der Waals surface area contributed by atoms with Crippen LogP contribution >= 0.6 is 11.6 Å². The third-order valence-corrected chi connectivity index (χ3v) is 5.76. The monoisotopic (exact) mass is 460 g/mol. The lowest BCUT2D eigenvalue weighted by atomic mass is 10.1. The summed E-state index contributed by atoms with van der Waals surface area (Å²) in [4.78, 5) is 34.6. The smallest absolute Gasteiger partial charge is 0.265 e. The van der Waals surface area contributed by atoms with Crippen molar-refractivity contribution in [2.45, 2.75) is 12.8 Å². The molecule has 0 aliphatic carbocycles. The number of carbonyl (C=O) groups excluding carboxylic acids is 2. The fourth-order valence-corrected chi connectivity index (χ4v) is 4.09. The predicted molar refractivity (Wildman–Crippen MR) is 128 cm³/mol. The van der Waals surface area contributed by atoms with E-state index >= 15 is 0 Å². The topological polar surface area (TPSA) is 87.3 Å². The SMILES string of the molecule is O=C(CN1C(=O)COc2ccc(Cl)cc21)Nc1ccccc1CCc1nc2ccccc2[nH]1. The fourth-order valence-electron chi connectivity index (χ4n) is 3.92. The van der Waals surface area contributed by atoms with Gasteiger partial charge in [-0.1, -0.05) is 41.9 Å². The molecule has 33 heavy (non-hydrogen) atoms. The molecule has 2 N–H and O–H groups in total. The fraction of sp³-hybridized carbons (Fsp3) is 0.160. The van der Waals surface area contributed by atoms with Crippen LogP contribution in [0.2, 0.25) is 5.02 Å². The molecule has 7 nitrogen and oxygen atoms in total. The Balaban J connectivity index is 1.29. The number of hydrogen-bond donors (Lipinski definition) is 2. The van der Waals surface area contributed by atoms with E-state index in [1.807, 2.05) is 48.5 Å². The molecule has 5 rings (SSSR count). The molecule has 3 aromatic carbocycles. The largest absolute Gasteiger partial charge is 0.482 e. The molecule has 0 saturated heterocycles. The molecule has 0 radical (unpaired) electrons. The van der Waals surface area contributed by atoms with Crippen molar-refractivity contribution in [2.75, 3.05) is 23.4 Å². The summed E-state index contributed by atoms with van der Waals surface area (Å²) in [6.07, 6.45) is 1.40. The number of benzene rings is 3. The van der Waals surface area contributed by atoms with E-state index in [2.05, 4.69) is 15.3 Å². The molecule has 0 bridgehead atoms. The number of hydrogen-bond acceptors (Lipinski definition) is 4. The maximum absolute atomic E-state index is 12.9. The number of fused-ring (bicyclic) bond motifs is 2. The van der Waals surface area contributed by atoms with Gasteiger partial charge in [0.1, 0.15) is 18.1 Å². The second-order valence-electron chi connectivity index (χ2n) is 7.79. The van der Waals surface area contributed by atoms with Gasteiger partial charge >= 0.3 is 0 Å². The molecule has 1 aromatic heterocycles. The summed E-state index contributed by atoms with van der Waals surface area (Å²) in [6, 6.07) is 20.6. The van der Waals surface area contributed by atoms with E-state index in [1.54, 1.807) is 18.2 Å². The summed E-state index contributed by atoms with van der Waals surface area (Å²) < 4.78 is 5.45. The zero-order valence-corrected chi connectivity index (χ0v) is 18.4. The van der Waals surface area contributed by atoms with Crippen molar-refractivity contribution in [1.82, 2.24) is 9.97 Å². The van der Waals surface area contributed by atoms with Crippen molar-refractivity contribution >= 4 is 45.8 Å². The summed E-state index contributed by atoms with van der Waals surface area (Å²) in [5.41, 5.74) is 4.13. The molecule has 0 spiro atoms. The number of rotatable bonds is 6. The molecule has 0 unspecified atom stereocenters. The Labute approximate surface area is 195 Å². The lowest BCUT2D eigenvalue weighted by molar-refractivity contribution is -0.123. The van der Waals surface area contributed by atoms with Crippen molar-refractivity contribution in [1.29, 1.82) is 0 Å². The molecular formula is C25H21ClN4O3. The highest BCUT2D eigenvalue weighted by Crippen LogP contribution is 2.34. The van der Waals surface area contributed by atoms with Gasteiger partial charge in [0.2, 0.25) is 5.91 Å². The molecule has 166 valence electrons. The average molecular weight is 461 g/mol. The van der Waals surface area contributed by atoms with E-state index in [1.165, 1.54) is 4.90 Å². The van der Waals surface area contributed by atoms with Crippen LogP contribution in [0, 0.1) is 0 Å². The number of H-pyrrole nitrogens is 1. The first-order valence-electron chi connectivity index (χ1n) is 10.6. The highest BCUT2D eigenvalue weighted by atomic mass is 35.5. The van der Waals surface area contributed by atoms with Gasteiger partial charge < -0.3 is 15.0 Å². The van der Waals surface area contributed by atoms with Gasteiger partial charge in [-0.2, -0.15) is 0 Å². The third kappa shape index (κ3) is 4.54. The summed E-state index contributed by atoms with van der Waals surface area (Å²) in [7, 11) is 0. The first-order chi connectivity index (χ1) is 16.1. The number of halogens is 1. The molecule has 0 fully saturated rings. The number of para-hydroxylation sites is 3. The van der Waals surface area contributed by atoms with Crippen LogP contribution in [0.3, 0.4) is 0 Å². The van der Waals surface area contributed by atoms with Gasteiger partial charge in [-0.15, -0.1) is 0 Å². The van der Waals surface area contributed by atoms with Crippen molar-refractivity contribution in [2.24, 2.45) is 0 Å². The van der Waals surface area contributed by atoms with E-state index in [0.717, 1.165) is 22.4 Å². The first kappa shape index (κ1) is 21.0. The number of aromatic nitrogens is 2. The third-order valence-electron chi connectivity index (χ3n) is 5.53. The maximum atomic E-state index is 12.9. The minimum absolute atomic E-state index is 0.115.